The lowest BCUT2D eigenvalue weighted by atomic mass is 10.4. The van der Waals surface area contributed by atoms with Gasteiger partial charge in [0, 0.05) is 0 Å². The van der Waals surface area contributed by atoms with Crippen LogP contribution in [0.25, 0.3) is 0 Å². The molecule has 2 nitrogen and oxygen atoms in total. The van der Waals surface area contributed by atoms with E-state index in [0.29, 0.717) is 0 Å². The van der Waals surface area contributed by atoms with Crippen LogP contribution in [0, 0.1) is 17.6 Å². The van der Waals surface area contributed by atoms with Gasteiger partial charge in [-0.05, 0) is 0 Å². The van der Waals surface area contributed by atoms with Crippen LogP contribution < -0.4 is 0 Å². The van der Waals surface area contributed by atoms with Gasteiger partial charge in [0.25, 0.3) is 0 Å². The molecule has 0 bridgehead atoms. The Kier molecular flexibility index (Phi) is 1.48. The summed E-state index contributed by atoms with van der Waals surface area (Å²) in [7, 11) is 0. The lowest BCUT2D eigenvalue weighted by Crippen LogP contribution is -1.81. The van der Waals surface area contributed by atoms with Crippen molar-refractivity contribution < 1.29 is 22.4 Å². The molecule has 0 amide bonds. The molecule has 0 atom stereocenters. The molecule has 0 aliphatic rings. The van der Waals surface area contributed by atoms with E-state index < -0.39 is 23.4 Å². The largest absolute Gasteiger partial charge is 0.423 e. The average Bonchev–Trinajstić information content (AvgIpc) is 2.17. The number of aldehydes is 1. The van der Waals surface area contributed by atoms with Gasteiger partial charge in [-0.3, -0.25) is 4.79 Å². The maximum atomic E-state index is 12.1. The Morgan fingerprint density at radius 3 is 2.00 bits per heavy atom. The molecule has 0 radical (unpaired) electrons. The summed E-state index contributed by atoms with van der Waals surface area (Å²) < 4.78 is 39.6. The lowest BCUT2D eigenvalue weighted by Gasteiger charge is -1.75. The van der Waals surface area contributed by atoms with Crippen molar-refractivity contribution in [3.05, 3.63) is 23.4 Å². The Labute approximate surface area is 53.2 Å². The second-order valence-corrected chi connectivity index (χ2v) is 1.49. The second kappa shape index (κ2) is 2.17. The maximum Gasteiger partial charge on any atom is 0.318 e. The molecule has 10 heavy (non-hydrogen) atoms. The van der Waals surface area contributed by atoms with E-state index in [2.05, 4.69) is 4.42 Å². The first-order valence-corrected chi connectivity index (χ1v) is 2.25. The molecule has 0 fully saturated rings. The topological polar surface area (TPSA) is 30.2 Å². The number of carbonyl (C=O) groups excluding carboxylic acids is 1. The fourth-order valence-corrected chi connectivity index (χ4v) is 0.456. The second-order valence-electron chi connectivity index (χ2n) is 1.49. The number of furan rings is 1. The van der Waals surface area contributed by atoms with Gasteiger partial charge in [-0.1, -0.05) is 0 Å². The minimum Gasteiger partial charge on any atom is -0.423 e. The van der Waals surface area contributed by atoms with E-state index in [1.54, 1.807) is 0 Å². The highest BCUT2D eigenvalue weighted by Gasteiger charge is 2.19. The van der Waals surface area contributed by atoms with Crippen molar-refractivity contribution in [1.29, 1.82) is 0 Å². The third-order valence-corrected chi connectivity index (χ3v) is 0.888. The van der Waals surface area contributed by atoms with Crippen LogP contribution in [-0.2, 0) is 0 Å². The number of hydrogen-bond acceptors (Lipinski definition) is 2. The first-order valence-electron chi connectivity index (χ1n) is 2.25. The van der Waals surface area contributed by atoms with E-state index in [0.717, 1.165) is 0 Å². The summed E-state index contributed by atoms with van der Waals surface area (Å²) in [5.41, 5.74) is 0. The quantitative estimate of drug-likeness (QED) is 0.568. The van der Waals surface area contributed by atoms with Gasteiger partial charge >= 0.3 is 6.01 Å². The van der Waals surface area contributed by atoms with Gasteiger partial charge in [0.2, 0.25) is 17.4 Å². The molecule has 0 saturated carbocycles. The normalized spacial score (nSPS) is 9.90. The Balaban J connectivity index is 3.30. The zero-order chi connectivity index (χ0) is 7.72. The molecule has 1 heterocycles. The van der Waals surface area contributed by atoms with E-state index in [1.165, 1.54) is 0 Å². The third-order valence-electron chi connectivity index (χ3n) is 0.888. The highest BCUT2D eigenvalue weighted by atomic mass is 19.2. The summed E-state index contributed by atoms with van der Waals surface area (Å²) in [5, 5.41) is 0. The van der Waals surface area contributed by atoms with Crippen LogP contribution in [0.5, 0.6) is 0 Å². The van der Waals surface area contributed by atoms with Crippen LogP contribution in [0.2, 0.25) is 0 Å². The van der Waals surface area contributed by atoms with Gasteiger partial charge in [0.15, 0.2) is 6.29 Å². The summed E-state index contributed by atoms with van der Waals surface area (Å²) in [6, 6.07) is -1.71. The van der Waals surface area contributed by atoms with E-state index in [9.17, 15) is 18.0 Å². The number of halogens is 3. The average molecular weight is 150 g/mol. The smallest absolute Gasteiger partial charge is 0.318 e. The van der Waals surface area contributed by atoms with Crippen molar-refractivity contribution in [3.63, 3.8) is 0 Å². The van der Waals surface area contributed by atoms with E-state index >= 15 is 0 Å². The summed E-state index contributed by atoms with van der Waals surface area (Å²) in [4.78, 5) is 9.73. The molecule has 0 spiro atoms. The maximum absolute atomic E-state index is 12.1. The predicted molar refractivity (Wildman–Crippen MR) is 24.0 cm³/mol. The SMILES string of the molecule is O=Cc1oc(F)c(F)c1F. The van der Waals surface area contributed by atoms with Crippen molar-refractivity contribution in [2.24, 2.45) is 0 Å². The van der Waals surface area contributed by atoms with Crippen molar-refractivity contribution in [1.82, 2.24) is 0 Å². The molecule has 0 aromatic carbocycles. The summed E-state index contributed by atoms with van der Waals surface area (Å²) >= 11 is 0. The van der Waals surface area contributed by atoms with Crippen molar-refractivity contribution in [2.45, 2.75) is 0 Å². The Morgan fingerprint density at radius 1 is 1.20 bits per heavy atom. The zero-order valence-corrected chi connectivity index (χ0v) is 4.53. The summed E-state index contributed by atoms with van der Waals surface area (Å²) in [6.07, 6.45) is -0.110. The first-order chi connectivity index (χ1) is 4.66. The monoisotopic (exact) mass is 150 g/mol. The van der Waals surface area contributed by atoms with E-state index in [1.807, 2.05) is 0 Å². The summed E-state index contributed by atoms with van der Waals surface area (Å²) in [6.45, 7) is 0. The Hall–Kier alpha value is -1.26. The molecule has 0 aliphatic carbocycles. The standard InChI is InChI=1S/C5HF3O2/c6-3-2(1-9)10-5(8)4(3)7/h1H. The molecular formula is C5HF3O2. The van der Waals surface area contributed by atoms with Crippen LogP contribution in [0.1, 0.15) is 10.6 Å². The molecular weight excluding hydrogens is 149 g/mol. The molecule has 1 aromatic rings. The highest BCUT2D eigenvalue weighted by molar-refractivity contribution is 5.70. The predicted octanol–water partition coefficient (Wildman–Crippen LogP) is 1.51. The van der Waals surface area contributed by atoms with Gasteiger partial charge in [0.1, 0.15) is 0 Å². The number of carbonyl (C=O) groups is 1. The van der Waals surface area contributed by atoms with Gasteiger partial charge in [-0.25, -0.2) is 0 Å². The van der Waals surface area contributed by atoms with Crippen LogP contribution >= 0.6 is 0 Å². The van der Waals surface area contributed by atoms with E-state index in [4.69, 9.17) is 0 Å². The molecule has 0 aliphatic heterocycles. The summed E-state index contributed by atoms with van der Waals surface area (Å²) in [5.74, 6) is -4.32. The van der Waals surface area contributed by atoms with Gasteiger partial charge in [-0.2, -0.15) is 13.2 Å². The number of rotatable bonds is 1. The minimum absolute atomic E-state index is 0.110. The van der Waals surface area contributed by atoms with Crippen molar-refractivity contribution in [3.8, 4) is 0 Å². The molecule has 0 saturated heterocycles. The molecule has 1 rings (SSSR count). The van der Waals surface area contributed by atoms with Gasteiger partial charge < -0.3 is 4.42 Å². The lowest BCUT2D eigenvalue weighted by molar-refractivity contribution is 0.108. The molecule has 1 aromatic heterocycles. The first kappa shape index (κ1) is 6.85. The van der Waals surface area contributed by atoms with Crippen LogP contribution in [0.4, 0.5) is 13.2 Å². The van der Waals surface area contributed by atoms with E-state index in [-0.39, 0.29) is 6.29 Å². The zero-order valence-electron chi connectivity index (χ0n) is 4.53. The number of hydrogen-bond donors (Lipinski definition) is 0. The Bertz CT molecular complexity index is 266. The van der Waals surface area contributed by atoms with Gasteiger partial charge in [0.05, 0.1) is 0 Å². The van der Waals surface area contributed by atoms with Crippen LogP contribution in [0.15, 0.2) is 4.42 Å². The minimum atomic E-state index is -1.76. The van der Waals surface area contributed by atoms with Gasteiger partial charge in [-0.15, -0.1) is 0 Å². The molecule has 54 valence electrons. The fourth-order valence-electron chi connectivity index (χ4n) is 0.456. The molecule has 5 heteroatoms. The molecule has 0 unspecified atom stereocenters. The van der Waals surface area contributed by atoms with Crippen LogP contribution in [-0.4, -0.2) is 6.29 Å². The van der Waals surface area contributed by atoms with Crippen LogP contribution in [0.3, 0.4) is 0 Å². The highest BCUT2D eigenvalue weighted by Crippen LogP contribution is 2.15. The Morgan fingerprint density at radius 2 is 1.80 bits per heavy atom. The van der Waals surface area contributed by atoms with Crippen molar-refractivity contribution in [2.75, 3.05) is 0 Å². The molecule has 0 N–H and O–H groups in total. The third kappa shape index (κ3) is 0.792. The fraction of sp³-hybridized carbons (Fsp3) is 0. The van der Waals surface area contributed by atoms with Crippen molar-refractivity contribution >= 4 is 6.29 Å².